The van der Waals surface area contributed by atoms with Crippen molar-refractivity contribution in [3.05, 3.63) is 53.6 Å². The van der Waals surface area contributed by atoms with Gasteiger partial charge in [0.1, 0.15) is 38.5 Å². The van der Waals surface area contributed by atoms with E-state index in [-0.39, 0.29) is 5.91 Å². The fourth-order valence-electron chi connectivity index (χ4n) is 4.13. The average Bonchev–Trinajstić information content (AvgIpc) is 3.23. The first-order valence-corrected chi connectivity index (χ1v) is 10.5. The van der Waals surface area contributed by atoms with Crippen LogP contribution < -0.4 is 24.0 Å². The van der Waals surface area contributed by atoms with Crippen molar-refractivity contribution < 1.29 is 28.8 Å². The Labute approximate surface area is 177 Å². The molecule has 1 amide bonds. The van der Waals surface area contributed by atoms with Gasteiger partial charge in [0.05, 0.1) is 7.11 Å². The molecular formula is C23H31N3O4+2. The Kier molecular flexibility index (Phi) is 6.40. The van der Waals surface area contributed by atoms with Crippen molar-refractivity contribution in [2.75, 3.05) is 53.7 Å². The molecule has 4 rings (SSSR count). The van der Waals surface area contributed by atoms with E-state index in [1.807, 2.05) is 42.3 Å². The molecule has 30 heavy (non-hydrogen) atoms. The molecule has 2 aliphatic heterocycles. The van der Waals surface area contributed by atoms with Crippen LogP contribution in [-0.4, -0.2) is 64.5 Å². The zero-order valence-electron chi connectivity index (χ0n) is 17.8. The third-order valence-corrected chi connectivity index (χ3v) is 5.94. The van der Waals surface area contributed by atoms with Crippen molar-refractivity contribution in [1.29, 1.82) is 0 Å². The van der Waals surface area contributed by atoms with Gasteiger partial charge in [0, 0.05) is 19.2 Å². The smallest absolute Gasteiger partial charge is 0.277 e. The second-order valence-corrected chi connectivity index (χ2v) is 8.14. The third-order valence-electron chi connectivity index (χ3n) is 5.94. The first-order valence-electron chi connectivity index (χ1n) is 10.5. The summed E-state index contributed by atoms with van der Waals surface area (Å²) in [6.07, 6.45) is 0. The number of rotatable bonds is 7. The van der Waals surface area contributed by atoms with Crippen LogP contribution in [0.25, 0.3) is 0 Å². The number of hydrogen-bond acceptors (Lipinski definition) is 4. The van der Waals surface area contributed by atoms with Gasteiger partial charge in [-0.15, -0.1) is 0 Å². The summed E-state index contributed by atoms with van der Waals surface area (Å²) < 4.78 is 16.1. The first kappa shape index (κ1) is 20.5. The summed E-state index contributed by atoms with van der Waals surface area (Å²) >= 11 is 0. The highest BCUT2D eigenvalue weighted by Gasteiger charge is 2.26. The fourth-order valence-corrected chi connectivity index (χ4v) is 4.13. The molecule has 2 aromatic carbocycles. The Morgan fingerprint density at radius 3 is 2.57 bits per heavy atom. The molecule has 0 atom stereocenters. The summed E-state index contributed by atoms with van der Waals surface area (Å²) in [6.45, 7) is 6.61. The zero-order valence-corrected chi connectivity index (χ0v) is 17.8. The molecule has 160 valence electrons. The van der Waals surface area contributed by atoms with E-state index < -0.39 is 0 Å². The number of nitrogens with zero attached hydrogens (tertiary/aromatic N) is 1. The van der Waals surface area contributed by atoms with Crippen molar-refractivity contribution in [2.24, 2.45) is 0 Å². The lowest BCUT2D eigenvalue weighted by Crippen LogP contribution is -3.28. The van der Waals surface area contributed by atoms with E-state index in [1.165, 1.54) is 10.5 Å². The lowest BCUT2D eigenvalue weighted by molar-refractivity contribution is -1.02. The van der Waals surface area contributed by atoms with Crippen LogP contribution in [0.2, 0.25) is 0 Å². The minimum atomic E-state index is 0.187. The zero-order chi connectivity index (χ0) is 20.9. The Bertz CT molecular complexity index is 881. The van der Waals surface area contributed by atoms with Gasteiger partial charge in [-0.05, 0) is 35.9 Å². The Balaban J connectivity index is 1.22. The van der Waals surface area contributed by atoms with E-state index in [0.717, 1.165) is 55.5 Å². The Hall–Kier alpha value is -2.77. The monoisotopic (exact) mass is 413 g/mol. The predicted octanol–water partition coefficient (Wildman–Crippen LogP) is -0.634. The number of benzene rings is 2. The van der Waals surface area contributed by atoms with Crippen molar-refractivity contribution in [2.45, 2.75) is 13.1 Å². The molecule has 7 nitrogen and oxygen atoms in total. The van der Waals surface area contributed by atoms with E-state index in [1.54, 1.807) is 12.0 Å². The molecule has 2 N–H and O–H groups in total. The first-order chi connectivity index (χ1) is 14.6. The number of methoxy groups -OCH3 is 1. The van der Waals surface area contributed by atoms with Crippen molar-refractivity contribution >= 4 is 5.91 Å². The predicted molar refractivity (Wildman–Crippen MR) is 112 cm³/mol. The number of ether oxygens (including phenoxy) is 3. The largest absolute Gasteiger partial charge is 0.497 e. The second kappa shape index (κ2) is 9.36. The van der Waals surface area contributed by atoms with Gasteiger partial charge in [-0.3, -0.25) is 4.79 Å². The van der Waals surface area contributed by atoms with E-state index in [0.29, 0.717) is 19.9 Å². The van der Waals surface area contributed by atoms with Crippen LogP contribution in [0, 0.1) is 0 Å². The maximum Gasteiger partial charge on any atom is 0.277 e. The molecule has 7 heteroatoms. The quantitative estimate of drug-likeness (QED) is 0.635. The molecule has 2 aliphatic rings. The van der Waals surface area contributed by atoms with Gasteiger partial charge in [0.25, 0.3) is 5.91 Å². The van der Waals surface area contributed by atoms with Gasteiger partial charge >= 0.3 is 0 Å². The summed E-state index contributed by atoms with van der Waals surface area (Å²) in [7, 11) is 3.54. The summed E-state index contributed by atoms with van der Waals surface area (Å²) in [5.41, 5.74) is 2.35. The standard InChI is InChI=1S/C23H29N3O4/c1-24(14-18-4-3-5-20(12-18)28-2)23(27)16-26-10-8-25(9-11-26)15-19-6-7-21-22(13-19)30-17-29-21/h3-7,12-13H,8-11,14-17H2,1-2H3/p+2. The second-order valence-electron chi connectivity index (χ2n) is 8.14. The summed E-state index contributed by atoms with van der Waals surface area (Å²) in [6, 6.07) is 14.1. The van der Waals surface area contributed by atoms with Crippen molar-refractivity contribution in [1.82, 2.24) is 4.90 Å². The van der Waals surface area contributed by atoms with Crippen LogP contribution in [0.1, 0.15) is 11.1 Å². The highest BCUT2D eigenvalue weighted by Crippen LogP contribution is 2.32. The highest BCUT2D eigenvalue weighted by atomic mass is 16.7. The maximum absolute atomic E-state index is 12.7. The summed E-state index contributed by atoms with van der Waals surface area (Å²) in [5, 5.41) is 0. The van der Waals surface area contributed by atoms with Crippen LogP contribution in [0.3, 0.4) is 0 Å². The molecule has 2 heterocycles. The topological polar surface area (TPSA) is 56.9 Å². The molecule has 2 aromatic rings. The summed E-state index contributed by atoms with van der Waals surface area (Å²) in [5.74, 6) is 2.69. The number of carbonyl (C=O) groups excluding carboxylic acids is 1. The van der Waals surface area contributed by atoms with Crippen LogP contribution in [0.4, 0.5) is 0 Å². The van der Waals surface area contributed by atoms with E-state index in [4.69, 9.17) is 14.2 Å². The lowest BCUT2D eigenvalue weighted by atomic mass is 10.1. The minimum absolute atomic E-state index is 0.187. The molecule has 0 radical (unpaired) electrons. The molecule has 0 bridgehead atoms. The van der Waals surface area contributed by atoms with Gasteiger partial charge in [-0.1, -0.05) is 12.1 Å². The number of fused-ring (bicyclic) bond motifs is 1. The Morgan fingerprint density at radius 2 is 1.77 bits per heavy atom. The summed E-state index contributed by atoms with van der Waals surface area (Å²) in [4.78, 5) is 17.4. The number of amides is 1. The van der Waals surface area contributed by atoms with Gasteiger partial charge in [-0.25, -0.2) is 0 Å². The molecule has 0 saturated carbocycles. The number of likely N-dealkylation sites (N-methyl/N-ethyl adjacent to an activating group) is 1. The minimum Gasteiger partial charge on any atom is -0.497 e. The SMILES string of the molecule is COc1cccc(CN(C)C(=O)C[NH+]2CC[NH+](Cc3ccc4c(c3)OCO4)CC2)c1. The van der Waals surface area contributed by atoms with Crippen LogP contribution in [-0.2, 0) is 17.9 Å². The van der Waals surface area contributed by atoms with Gasteiger partial charge in [0.15, 0.2) is 18.0 Å². The van der Waals surface area contributed by atoms with Gasteiger partial charge in [0.2, 0.25) is 6.79 Å². The number of carbonyl (C=O) groups is 1. The van der Waals surface area contributed by atoms with Gasteiger partial charge < -0.3 is 28.9 Å². The number of quaternary nitrogens is 2. The molecule has 0 aliphatic carbocycles. The highest BCUT2D eigenvalue weighted by molar-refractivity contribution is 5.76. The molecule has 1 fully saturated rings. The van der Waals surface area contributed by atoms with Crippen molar-refractivity contribution in [3.8, 4) is 17.2 Å². The van der Waals surface area contributed by atoms with E-state index in [2.05, 4.69) is 12.1 Å². The average molecular weight is 414 g/mol. The third kappa shape index (κ3) is 5.04. The lowest BCUT2D eigenvalue weighted by Gasteiger charge is -2.30. The molecule has 0 aromatic heterocycles. The van der Waals surface area contributed by atoms with Crippen LogP contribution in [0.15, 0.2) is 42.5 Å². The molecule has 0 unspecified atom stereocenters. The van der Waals surface area contributed by atoms with E-state index >= 15 is 0 Å². The number of hydrogen-bond donors (Lipinski definition) is 2. The number of nitrogens with one attached hydrogen (secondary N) is 2. The normalized spacial score (nSPS) is 20.1. The number of piperazine rings is 1. The molecule has 1 saturated heterocycles. The van der Waals surface area contributed by atoms with Crippen molar-refractivity contribution in [3.63, 3.8) is 0 Å². The van der Waals surface area contributed by atoms with Gasteiger partial charge in [-0.2, -0.15) is 0 Å². The van der Waals surface area contributed by atoms with Crippen LogP contribution >= 0.6 is 0 Å². The fraction of sp³-hybridized carbons (Fsp3) is 0.435. The molecular weight excluding hydrogens is 382 g/mol. The molecule has 0 spiro atoms. The maximum atomic E-state index is 12.7. The van der Waals surface area contributed by atoms with E-state index in [9.17, 15) is 4.79 Å². The Morgan fingerprint density at radius 1 is 1.00 bits per heavy atom. The van der Waals surface area contributed by atoms with Crippen LogP contribution in [0.5, 0.6) is 17.2 Å².